The van der Waals surface area contributed by atoms with Crippen LogP contribution < -0.4 is 15.8 Å². The summed E-state index contributed by atoms with van der Waals surface area (Å²) >= 11 is 0. The monoisotopic (exact) mass is 544 g/mol. The van der Waals surface area contributed by atoms with Gasteiger partial charge in [-0.2, -0.15) is 13.2 Å². The van der Waals surface area contributed by atoms with Crippen LogP contribution in [0.25, 0.3) is 16.9 Å². The third-order valence-electron chi connectivity index (χ3n) is 6.68. The van der Waals surface area contributed by atoms with Crippen molar-refractivity contribution >= 4 is 17.5 Å². The van der Waals surface area contributed by atoms with Crippen molar-refractivity contribution in [1.82, 2.24) is 24.7 Å². The smallest absolute Gasteiger partial charge is 0.424 e. The number of aliphatic hydroxyl groups is 1. The van der Waals surface area contributed by atoms with Crippen molar-refractivity contribution in [2.24, 2.45) is 5.73 Å². The zero-order valence-corrected chi connectivity index (χ0v) is 20.2. The van der Waals surface area contributed by atoms with E-state index < -0.39 is 47.1 Å². The molecule has 2 amide bonds. The van der Waals surface area contributed by atoms with Gasteiger partial charge < -0.3 is 20.9 Å². The van der Waals surface area contributed by atoms with Crippen molar-refractivity contribution in [1.29, 1.82) is 0 Å². The predicted molar refractivity (Wildman–Crippen MR) is 127 cm³/mol. The number of aromatic nitrogens is 4. The lowest BCUT2D eigenvalue weighted by molar-refractivity contribution is -0.265. The summed E-state index contributed by atoms with van der Waals surface area (Å²) in [5, 5.41) is 13.2. The summed E-state index contributed by atoms with van der Waals surface area (Å²) in [5.74, 6) is -2.47. The molecule has 4 N–H and O–H groups in total. The Bertz CT molecular complexity index is 1610. The van der Waals surface area contributed by atoms with Crippen LogP contribution in [0.1, 0.15) is 28.7 Å². The first-order chi connectivity index (χ1) is 18.3. The van der Waals surface area contributed by atoms with Crippen molar-refractivity contribution < 1.29 is 37.0 Å². The molecule has 10 nitrogen and oxygen atoms in total. The summed E-state index contributed by atoms with van der Waals surface area (Å²) < 4.78 is 64.0. The van der Waals surface area contributed by atoms with Crippen molar-refractivity contribution in [3.63, 3.8) is 0 Å². The highest BCUT2D eigenvalue weighted by Gasteiger charge is 2.57. The fourth-order valence-electron chi connectivity index (χ4n) is 4.25. The lowest BCUT2D eigenvalue weighted by Gasteiger charge is -2.31. The molecule has 4 aromatic rings. The Morgan fingerprint density at radius 1 is 1.23 bits per heavy atom. The van der Waals surface area contributed by atoms with E-state index in [0.29, 0.717) is 0 Å². The van der Waals surface area contributed by atoms with Crippen LogP contribution >= 0.6 is 0 Å². The number of halogens is 4. The normalized spacial score (nSPS) is 18.3. The van der Waals surface area contributed by atoms with Crippen LogP contribution in [-0.2, 0) is 15.8 Å². The molecule has 0 saturated carbocycles. The van der Waals surface area contributed by atoms with Crippen LogP contribution in [0.3, 0.4) is 0 Å². The number of alkyl halides is 3. The predicted octanol–water partition coefficient (Wildman–Crippen LogP) is 2.25. The molecule has 3 aromatic heterocycles. The van der Waals surface area contributed by atoms with Gasteiger partial charge in [0, 0.05) is 23.5 Å². The van der Waals surface area contributed by atoms with E-state index in [9.17, 15) is 32.3 Å². The molecular weight excluding hydrogens is 524 g/mol. The van der Waals surface area contributed by atoms with Crippen LogP contribution in [0.4, 0.5) is 17.6 Å². The molecule has 2 atom stereocenters. The second kappa shape index (κ2) is 9.01. The number of rotatable bonds is 6. The van der Waals surface area contributed by atoms with E-state index >= 15 is 0 Å². The highest BCUT2D eigenvalue weighted by Crippen LogP contribution is 2.47. The molecule has 1 aliphatic rings. The molecule has 1 unspecified atom stereocenters. The maximum absolute atomic E-state index is 14.5. The number of imidazole rings is 1. The fraction of sp³-hybridized carbons (Fsp3) is 0.240. The minimum Gasteiger partial charge on any atom is -0.489 e. The number of primary amides is 1. The molecule has 202 valence electrons. The van der Waals surface area contributed by atoms with E-state index in [4.69, 9.17) is 10.5 Å². The number of fused-ring (bicyclic) bond motifs is 2. The molecule has 0 aliphatic carbocycles. The molecule has 1 aromatic carbocycles. The SMILES string of the molecule is C[C@]1(C(N)=O)COc2c1cc(C(O)(CNC(=O)c1cnc3cnccn13)C(F)(F)F)nc2-c1ccc(F)cc1. The first-order valence-corrected chi connectivity index (χ1v) is 11.4. The lowest BCUT2D eigenvalue weighted by atomic mass is 9.81. The third-order valence-corrected chi connectivity index (χ3v) is 6.68. The Morgan fingerprint density at radius 2 is 1.95 bits per heavy atom. The third kappa shape index (κ3) is 4.22. The minimum atomic E-state index is -5.34. The van der Waals surface area contributed by atoms with E-state index in [2.05, 4.69) is 20.3 Å². The van der Waals surface area contributed by atoms with Gasteiger partial charge in [0.2, 0.25) is 11.5 Å². The number of nitrogens with one attached hydrogen (secondary N) is 1. The number of amides is 2. The van der Waals surface area contributed by atoms with E-state index in [1.165, 1.54) is 42.0 Å². The molecule has 14 heteroatoms. The van der Waals surface area contributed by atoms with Gasteiger partial charge in [-0.05, 0) is 37.3 Å². The van der Waals surface area contributed by atoms with E-state index in [1.807, 2.05) is 0 Å². The number of nitrogens with two attached hydrogens (primary N) is 1. The largest absolute Gasteiger partial charge is 0.489 e. The second-order valence-electron chi connectivity index (χ2n) is 9.21. The van der Waals surface area contributed by atoms with Crippen LogP contribution in [0.15, 0.2) is 55.1 Å². The number of carbonyl (C=O) groups is 2. The highest BCUT2D eigenvalue weighted by molar-refractivity contribution is 5.93. The van der Waals surface area contributed by atoms with Gasteiger partial charge in [-0.25, -0.2) is 14.4 Å². The Kier molecular flexibility index (Phi) is 6.01. The number of ether oxygens (including phenoxy) is 1. The second-order valence-corrected chi connectivity index (χ2v) is 9.21. The van der Waals surface area contributed by atoms with Crippen LogP contribution in [-0.4, -0.2) is 55.6 Å². The molecule has 0 spiro atoms. The topological polar surface area (TPSA) is 145 Å². The van der Waals surface area contributed by atoms with Crippen molar-refractivity contribution in [3.05, 3.63) is 77.9 Å². The summed E-state index contributed by atoms with van der Waals surface area (Å²) in [4.78, 5) is 37.0. The van der Waals surface area contributed by atoms with E-state index in [0.717, 1.165) is 24.4 Å². The summed E-state index contributed by atoms with van der Waals surface area (Å²) in [6, 6.07) is 5.55. The standard InChI is InChI=1S/C25H20F4N6O4/c1-23(22(30)37)12-39-20-15(23)8-17(34-19(20)13-2-4-14(26)5-3-13)24(38,25(27,28)29)11-33-21(36)16-9-32-18-10-31-6-7-35(16)18/h2-10,38H,11-12H2,1H3,(H2,30,37)(H,33,36)/t23-,24?/m0/s1. The number of pyridine rings is 1. The molecule has 4 heterocycles. The number of hydrogen-bond acceptors (Lipinski definition) is 7. The molecule has 0 fully saturated rings. The number of carbonyl (C=O) groups excluding carboxylic acids is 2. The Labute approximate surface area is 217 Å². The Morgan fingerprint density at radius 3 is 2.62 bits per heavy atom. The fourth-order valence-corrected chi connectivity index (χ4v) is 4.25. The van der Waals surface area contributed by atoms with Crippen molar-refractivity contribution in [2.75, 3.05) is 13.2 Å². The van der Waals surface area contributed by atoms with Crippen molar-refractivity contribution in [3.8, 4) is 17.0 Å². The Balaban J connectivity index is 1.61. The summed E-state index contributed by atoms with van der Waals surface area (Å²) in [6.45, 7) is -0.245. The van der Waals surface area contributed by atoms with Gasteiger partial charge in [-0.3, -0.25) is 19.0 Å². The lowest BCUT2D eigenvalue weighted by Crippen LogP contribution is -2.52. The minimum absolute atomic E-state index is 0.0282. The first kappa shape index (κ1) is 26.0. The van der Waals surface area contributed by atoms with E-state index in [-0.39, 0.29) is 40.5 Å². The van der Waals surface area contributed by atoms with Crippen molar-refractivity contribution in [2.45, 2.75) is 24.1 Å². The average Bonchev–Trinajstić information content (AvgIpc) is 3.49. The maximum atomic E-state index is 14.5. The Hall–Kier alpha value is -4.59. The maximum Gasteiger partial charge on any atom is 0.424 e. The first-order valence-electron chi connectivity index (χ1n) is 11.4. The molecule has 0 radical (unpaired) electrons. The average molecular weight is 544 g/mol. The highest BCUT2D eigenvalue weighted by atomic mass is 19.4. The molecule has 0 bridgehead atoms. The van der Waals surface area contributed by atoms with Gasteiger partial charge in [0.25, 0.3) is 5.91 Å². The van der Waals surface area contributed by atoms with Gasteiger partial charge in [-0.1, -0.05) is 0 Å². The quantitative estimate of drug-likeness (QED) is 0.316. The van der Waals surface area contributed by atoms with Crippen LogP contribution in [0, 0.1) is 5.82 Å². The molecule has 5 rings (SSSR count). The van der Waals surface area contributed by atoms with Crippen LogP contribution in [0.2, 0.25) is 0 Å². The van der Waals surface area contributed by atoms with Gasteiger partial charge in [-0.15, -0.1) is 0 Å². The van der Waals surface area contributed by atoms with Gasteiger partial charge in [0.15, 0.2) is 5.65 Å². The molecule has 0 saturated heterocycles. The van der Waals surface area contributed by atoms with E-state index in [1.54, 1.807) is 0 Å². The van der Waals surface area contributed by atoms with Gasteiger partial charge in [0.1, 0.15) is 35.0 Å². The van der Waals surface area contributed by atoms with Crippen LogP contribution in [0.5, 0.6) is 5.75 Å². The zero-order chi connectivity index (χ0) is 28.2. The van der Waals surface area contributed by atoms with Gasteiger partial charge in [0.05, 0.1) is 24.6 Å². The molecule has 1 aliphatic heterocycles. The summed E-state index contributed by atoms with van der Waals surface area (Å²) in [6.07, 6.45) is -0.0791. The summed E-state index contributed by atoms with van der Waals surface area (Å²) in [7, 11) is 0. The number of benzene rings is 1. The number of nitrogens with zero attached hydrogens (tertiary/aromatic N) is 4. The molecular formula is C25H20F4N6O4. The molecule has 39 heavy (non-hydrogen) atoms. The summed E-state index contributed by atoms with van der Waals surface area (Å²) in [5.41, 5.74) is -0.496. The zero-order valence-electron chi connectivity index (χ0n) is 20.2. The van der Waals surface area contributed by atoms with Gasteiger partial charge >= 0.3 is 6.18 Å². The number of hydrogen-bond donors (Lipinski definition) is 3.